The van der Waals surface area contributed by atoms with E-state index in [0.717, 1.165) is 17.2 Å². The van der Waals surface area contributed by atoms with Gasteiger partial charge >= 0.3 is 0 Å². The highest BCUT2D eigenvalue weighted by molar-refractivity contribution is 6.32. The Labute approximate surface area is 113 Å². The van der Waals surface area contributed by atoms with E-state index in [9.17, 15) is 19.1 Å². The van der Waals surface area contributed by atoms with Crippen molar-refractivity contribution < 1.29 is 19.1 Å². The van der Waals surface area contributed by atoms with Gasteiger partial charge in [-0.15, -0.1) is 0 Å². The molecular formula is C11H11ClFN3O3. The van der Waals surface area contributed by atoms with Gasteiger partial charge in [0, 0.05) is 13.0 Å². The van der Waals surface area contributed by atoms with Crippen LogP contribution in [0.4, 0.5) is 4.39 Å². The fourth-order valence-corrected chi connectivity index (χ4v) is 2.22. The van der Waals surface area contributed by atoms with Gasteiger partial charge in [-0.1, -0.05) is 11.6 Å². The van der Waals surface area contributed by atoms with Crippen LogP contribution in [-0.2, 0) is 4.79 Å². The number of amides is 2. The number of nitrogens with two attached hydrogens (primary N) is 1. The number of primary amides is 1. The largest absolute Gasteiger partial charge is 0.391 e. The third-order valence-electron chi connectivity index (χ3n) is 2.90. The van der Waals surface area contributed by atoms with Crippen LogP contribution >= 0.6 is 11.6 Å². The number of likely N-dealkylation sites (tertiary alicyclic amines) is 1. The molecule has 1 aliphatic heterocycles. The Morgan fingerprint density at radius 3 is 2.89 bits per heavy atom. The number of nitrogens with zero attached hydrogens (tertiary/aromatic N) is 2. The van der Waals surface area contributed by atoms with E-state index in [1.54, 1.807) is 0 Å². The van der Waals surface area contributed by atoms with Crippen molar-refractivity contribution >= 4 is 23.4 Å². The lowest BCUT2D eigenvalue weighted by Crippen LogP contribution is -2.43. The fraction of sp³-hybridized carbons (Fsp3) is 0.364. The van der Waals surface area contributed by atoms with Gasteiger partial charge < -0.3 is 15.7 Å². The van der Waals surface area contributed by atoms with Crippen molar-refractivity contribution in [2.45, 2.75) is 18.6 Å². The third kappa shape index (κ3) is 2.66. The molecule has 0 bridgehead atoms. The Kier molecular flexibility index (Phi) is 3.68. The molecule has 1 aromatic heterocycles. The maximum atomic E-state index is 13.1. The van der Waals surface area contributed by atoms with Crippen LogP contribution in [0, 0.1) is 5.82 Å². The summed E-state index contributed by atoms with van der Waals surface area (Å²) in [5.74, 6) is -2.13. The molecule has 0 aromatic carbocycles. The van der Waals surface area contributed by atoms with E-state index in [1.165, 1.54) is 0 Å². The minimum Gasteiger partial charge on any atom is -0.391 e. The maximum absolute atomic E-state index is 13.1. The quantitative estimate of drug-likeness (QED) is 0.745. The van der Waals surface area contributed by atoms with E-state index in [4.69, 9.17) is 17.3 Å². The number of aliphatic hydroxyl groups is 1. The molecule has 0 radical (unpaired) electrons. The first-order valence-electron chi connectivity index (χ1n) is 5.49. The van der Waals surface area contributed by atoms with E-state index >= 15 is 0 Å². The van der Waals surface area contributed by atoms with Gasteiger partial charge in [0.15, 0.2) is 0 Å². The van der Waals surface area contributed by atoms with Crippen LogP contribution in [0.5, 0.6) is 0 Å². The molecule has 1 aromatic rings. The van der Waals surface area contributed by atoms with Gasteiger partial charge in [0.25, 0.3) is 5.91 Å². The average molecular weight is 288 g/mol. The molecule has 19 heavy (non-hydrogen) atoms. The Morgan fingerprint density at radius 2 is 2.26 bits per heavy atom. The summed E-state index contributed by atoms with van der Waals surface area (Å²) in [6.07, 6.45) is 0.0899. The molecule has 2 amide bonds. The summed E-state index contributed by atoms with van der Waals surface area (Å²) < 4.78 is 13.1. The fourth-order valence-electron chi connectivity index (χ4n) is 2.04. The molecule has 102 valence electrons. The second kappa shape index (κ2) is 5.10. The number of rotatable bonds is 2. The predicted octanol–water partition coefficient (Wildman–Crippen LogP) is -0.0652. The first kappa shape index (κ1) is 13.7. The van der Waals surface area contributed by atoms with Crippen molar-refractivity contribution in [1.29, 1.82) is 0 Å². The van der Waals surface area contributed by atoms with Gasteiger partial charge in [-0.3, -0.25) is 9.59 Å². The van der Waals surface area contributed by atoms with Gasteiger partial charge in [-0.25, -0.2) is 9.37 Å². The van der Waals surface area contributed by atoms with Crippen molar-refractivity contribution in [3.63, 3.8) is 0 Å². The van der Waals surface area contributed by atoms with E-state index in [2.05, 4.69) is 4.98 Å². The molecule has 3 N–H and O–H groups in total. The molecule has 8 heteroatoms. The number of hydrogen-bond acceptors (Lipinski definition) is 4. The van der Waals surface area contributed by atoms with E-state index in [0.29, 0.717) is 0 Å². The van der Waals surface area contributed by atoms with Crippen LogP contribution in [-0.4, -0.2) is 45.5 Å². The number of halogens is 2. The number of carbonyl (C=O) groups excluding carboxylic acids is 2. The lowest BCUT2D eigenvalue weighted by molar-refractivity contribution is -0.121. The zero-order chi connectivity index (χ0) is 14.2. The molecule has 0 saturated carbocycles. The Bertz CT molecular complexity index is 540. The van der Waals surface area contributed by atoms with Gasteiger partial charge in [-0.05, 0) is 6.07 Å². The number of aromatic nitrogens is 1. The summed E-state index contributed by atoms with van der Waals surface area (Å²) in [5.41, 5.74) is 5.00. The molecule has 1 fully saturated rings. The monoisotopic (exact) mass is 287 g/mol. The topological polar surface area (TPSA) is 96.5 Å². The molecule has 1 aliphatic rings. The van der Waals surface area contributed by atoms with E-state index in [1.807, 2.05) is 0 Å². The normalized spacial score (nSPS) is 22.6. The summed E-state index contributed by atoms with van der Waals surface area (Å²) >= 11 is 5.73. The zero-order valence-corrected chi connectivity index (χ0v) is 10.5. The number of pyridine rings is 1. The molecular weight excluding hydrogens is 277 g/mol. The van der Waals surface area contributed by atoms with Crippen molar-refractivity contribution in [2.24, 2.45) is 5.73 Å². The second-order valence-corrected chi connectivity index (χ2v) is 4.62. The Balaban J connectivity index is 2.33. The van der Waals surface area contributed by atoms with E-state index in [-0.39, 0.29) is 23.7 Å². The molecule has 2 unspecified atom stereocenters. The van der Waals surface area contributed by atoms with Crippen LogP contribution in [0.1, 0.15) is 16.8 Å². The van der Waals surface area contributed by atoms with E-state index < -0.39 is 29.8 Å². The summed E-state index contributed by atoms with van der Waals surface area (Å²) in [4.78, 5) is 28.0. The van der Waals surface area contributed by atoms with Crippen molar-refractivity contribution in [2.75, 3.05) is 6.54 Å². The summed E-state index contributed by atoms with van der Waals surface area (Å²) in [6.45, 7) is -0.0563. The molecule has 0 aliphatic carbocycles. The van der Waals surface area contributed by atoms with Crippen LogP contribution in [0.2, 0.25) is 5.15 Å². The summed E-state index contributed by atoms with van der Waals surface area (Å²) in [7, 11) is 0. The Morgan fingerprint density at radius 1 is 1.58 bits per heavy atom. The first-order valence-corrected chi connectivity index (χ1v) is 5.87. The zero-order valence-electron chi connectivity index (χ0n) is 9.72. The molecule has 2 rings (SSSR count). The third-order valence-corrected chi connectivity index (χ3v) is 3.21. The lowest BCUT2D eigenvalue weighted by Gasteiger charge is -2.22. The van der Waals surface area contributed by atoms with Crippen LogP contribution in [0.15, 0.2) is 12.3 Å². The van der Waals surface area contributed by atoms with Gasteiger partial charge in [-0.2, -0.15) is 0 Å². The van der Waals surface area contributed by atoms with Gasteiger partial charge in [0.05, 0.1) is 17.9 Å². The molecule has 6 nitrogen and oxygen atoms in total. The number of carbonyl (C=O) groups is 2. The molecule has 2 heterocycles. The van der Waals surface area contributed by atoms with Gasteiger partial charge in [0.1, 0.15) is 17.0 Å². The highest BCUT2D eigenvalue weighted by Gasteiger charge is 2.38. The second-order valence-electron chi connectivity index (χ2n) is 4.26. The highest BCUT2D eigenvalue weighted by Crippen LogP contribution is 2.23. The van der Waals surface area contributed by atoms with Gasteiger partial charge in [0.2, 0.25) is 5.91 Å². The number of aliphatic hydroxyl groups excluding tert-OH is 1. The lowest BCUT2D eigenvalue weighted by atomic mass is 10.2. The van der Waals surface area contributed by atoms with Crippen LogP contribution < -0.4 is 5.73 Å². The van der Waals surface area contributed by atoms with Crippen LogP contribution in [0.3, 0.4) is 0 Å². The molecule has 0 spiro atoms. The first-order chi connectivity index (χ1) is 8.90. The standard InChI is InChI=1S/C11H11ClFN3O3/c12-9-7(1-5(13)3-15-9)11(19)16-4-6(17)2-8(16)10(14)18/h1,3,6,8,17H,2,4H2,(H2,14,18). The smallest absolute Gasteiger partial charge is 0.257 e. The summed E-state index contributed by atoms with van der Waals surface area (Å²) in [5, 5.41) is 9.34. The minimum atomic E-state index is -0.929. The minimum absolute atomic E-state index is 0.0563. The van der Waals surface area contributed by atoms with Crippen molar-refractivity contribution in [1.82, 2.24) is 9.88 Å². The van der Waals surface area contributed by atoms with Crippen molar-refractivity contribution in [3.05, 3.63) is 28.8 Å². The highest BCUT2D eigenvalue weighted by atomic mass is 35.5. The Hall–Kier alpha value is -1.73. The van der Waals surface area contributed by atoms with Crippen molar-refractivity contribution in [3.8, 4) is 0 Å². The maximum Gasteiger partial charge on any atom is 0.257 e. The predicted molar refractivity (Wildman–Crippen MR) is 63.8 cm³/mol. The number of β-amino-alcohol motifs (C(OH)–C–C–N with tert-alkyl or cyclic N) is 1. The molecule has 2 atom stereocenters. The average Bonchev–Trinajstić information content (AvgIpc) is 2.74. The SMILES string of the molecule is NC(=O)C1CC(O)CN1C(=O)c1cc(F)cnc1Cl. The number of hydrogen-bond donors (Lipinski definition) is 2. The van der Waals surface area contributed by atoms with Crippen LogP contribution in [0.25, 0.3) is 0 Å². The molecule has 1 saturated heterocycles. The summed E-state index contributed by atoms with van der Waals surface area (Å²) in [6, 6.07) is 0.00212.